The Bertz CT molecular complexity index is 298. The van der Waals surface area contributed by atoms with Gasteiger partial charge >= 0.3 is 12.0 Å². The van der Waals surface area contributed by atoms with Crippen LogP contribution in [0.1, 0.15) is 12.8 Å². The van der Waals surface area contributed by atoms with E-state index in [0.717, 1.165) is 6.42 Å². The number of methoxy groups -OCH3 is 1. The average molecular weight is 259 g/mol. The van der Waals surface area contributed by atoms with E-state index in [1.165, 1.54) is 12.0 Å². The molecule has 1 rings (SSSR count). The van der Waals surface area contributed by atoms with Crippen molar-refractivity contribution in [1.82, 2.24) is 10.2 Å². The lowest BCUT2D eigenvalue weighted by molar-refractivity contribution is -0.142. The monoisotopic (exact) mass is 259 g/mol. The molecule has 2 atom stereocenters. The summed E-state index contributed by atoms with van der Waals surface area (Å²) in [5.41, 5.74) is 5.28. The van der Waals surface area contributed by atoms with Crippen molar-refractivity contribution >= 4 is 12.0 Å². The third-order valence-electron chi connectivity index (χ3n) is 3.08. The number of hydrogen-bond acceptors (Lipinski definition) is 5. The van der Waals surface area contributed by atoms with Gasteiger partial charge in [-0.25, -0.2) is 4.79 Å². The van der Waals surface area contributed by atoms with E-state index in [2.05, 4.69) is 10.1 Å². The van der Waals surface area contributed by atoms with Crippen LogP contribution < -0.4 is 11.1 Å². The largest absolute Gasteiger partial charge is 0.469 e. The van der Waals surface area contributed by atoms with Gasteiger partial charge in [-0.15, -0.1) is 0 Å². The van der Waals surface area contributed by atoms with Gasteiger partial charge in [0.15, 0.2) is 0 Å². The minimum absolute atomic E-state index is 0.0364. The highest BCUT2D eigenvalue weighted by Gasteiger charge is 2.30. The van der Waals surface area contributed by atoms with Gasteiger partial charge < -0.3 is 25.8 Å². The minimum atomic E-state index is -0.486. The normalized spacial score (nSPS) is 23.8. The van der Waals surface area contributed by atoms with E-state index < -0.39 is 6.03 Å². The van der Waals surface area contributed by atoms with Crippen LogP contribution in [0.5, 0.6) is 0 Å². The van der Waals surface area contributed by atoms with Crippen LogP contribution in [0.2, 0.25) is 0 Å². The summed E-state index contributed by atoms with van der Waals surface area (Å²) in [5, 5.41) is 11.9. The summed E-state index contributed by atoms with van der Waals surface area (Å²) in [6.07, 6.45) is 1.04. The van der Waals surface area contributed by atoms with Gasteiger partial charge in [-0.05, 0) is 12.3 Å². The molecule has 2 unspecified atom stereocenters. The first-order chi connectivity index (χ1) is 8.56. The molecule has 0 spiro atoms. The van der Waals surface area contributed by atoms with E-state index in [1.807, 2.05) is 0 Å². The van der Waals surface area contributed by atoms with Crippen LogP contribution in [0, 0.1) is 5.92 Å². The molecule has 1 saturated heterocycles. The first-order valence-corrected chi connectivity index (χ1v) is 6.02. The molecular formula is C11H21N3O4. The SMILES string of the molecule is COC(=O)CC1CC(NCCO)CN(C(N)=O)C1. The molecule has 0 aromatic heterocycles. The van der Waals surface area contributed by atoms with E-state index in [1.54, 1.807) is 0 Å². The van der Waals surface area contributed by atoms with E-state index in [-0.39, 0.29) is 31.0 Å². The molecule has 104 valence electrons. The van der Waals surface area contributed by atoms with Gasteiger partial charge in [0, 0.05) is 25.7 Å². The lowest BCUT2D eigenvalue weighted by atomic mass is 9.91. The van der Waals surface area contributed by atoms with Crippen molar-refractivity contribution in [3.8, 4) is 0 Å². The summed E-state index contributed by atoms with van der Waals surface area (Å²) in [6, 6.07) is -0.437. The quantitative estimate of drug-likeness (QED) is 0.544. The predicted octanol–water partition coefficient (Wildman–Crippen LogP) is -1.10. The van der Waals surface area contributed by atoms with Crippen LogP contribution in [0.15, 0.2) is 0 Å². The summed E-state index contributed by atoms with van der Waals surface area (Å²) < 4.78 is 4.63. The molecule has 18 heavy (non-hydrogen) atoms. The first-order valence-electron chi connectivity index (χ1n) is 6.02. The number of aliphatic hydroxyl groups is 1. The van der Waals surface area contributed by atoms with Crippen molar-refractivity contribution in [3.05, 3.63) is 0 Å². The van der Waals surface area contributed by atoms with Crippen LogP contribution in [0.3, 0.4) is 0 Å². The van der Waals surface area contributed by atoms with Crippen molar-refractivity contribution < 1.29 is 19.4 Å². The number of primary amides is 1. The highest BCUT2D eigenvalue weighted by molar-refractivity contribution is 5.73. The molecule has 1 aliphatic heterocycles. The fraction of sp³-hybridized carbons (Fsp3) is 0.818. The number of carbonyl (C=O) groups excluding carboxylic acids is 2. The number of nitrogens with two attached hydrogens (primary N) is 1. The second-order valence-electron chi connectivity index (χ2n) is 4.50. The number of likely N-dealkylation sites (tertiary alicyclic amines) is 1. The third-order valence-corrected chi connectivity index (χ3v) is 3.08. The first kappa shape index (κ1) is 14.7. The number of rotatable bonds is 5. The number of aliphatic hydroxyl groups excluding tert-OH is 1. The minimum Gasteiger partial charge on any atom is -0.469 e. The molecule has 0 bridgehead atoms. The number of ether oxygens (including phenoxy) is 1. The Morgan fingerprint density at radius 1 is 1.50 bits per heavy atom. The molecular weight excluding hydrogens is 238 g/mol. The van der Waals surface area contributed by atoms with Crippen LogP contribution in [-0.2, 0) is 9.53 Å². The number of nitrogens with zero attached hydrogens (tertiary/aromatic N) is 1. The molecule has 7 nitrogen and oxygen atoms in total. The summed E-state index contributed by atoms with van der Waals surface area (Å²) in [7, 11) is 1.35. The number of piperidine rings is 1. The maximum Gasteiger partial charge on any atom is 0.314 e. The molecule has 1 heterocycles. The Kier molecular flexibility index (Phi) is 5.87. The Labute approximate surface area is 106 Å². The lowest BCUT2D eigenvalue weighted by Gasteiger charge is -2.37. The van der Waals surface area contributed by atoms with Gasteiger partial charge in [-0.1, -0.05) is 0 Å². The number of esters is 1. The molecule has 0 aromatic carbocycles. The van der Waals surface area contributed by atoms with Gasteiger partial charge in [0.25, 0.3) is 0 Å². The highest BCUT2D eigenvalue weighted by Crippen LogP contribution is 2.20. The predicted molar refractivity (Wildman–Crippen MR) is 64.8 cm³/mol. The summed E-state index contributed by atoms with van der Waals surface area (Å²) in [4.78, 5) is 24.0. The average Bonchev–Trinajstić information content (AvgIpc) is 2.35. The summed E-state index contributed by atoms with van der Waals surface area (Å²) in [5.74, 6) is -0.248. The van der Waals surface area contributed by atoms with Crippen LogP contribution in [0.25, 0.3) is 0 Å². The van der Waals surface area contributed by atoms with E-state index in [4.69, 9.17) is 10.8 Å². The number of urea groups is 1. The second-order valence-corrected chi connectivity index (χ2v) is 4.50. The van der Waals surface area contributed by atoms with Crippen molar-refractivity contribution in [3.63, 3.8) is 0 Å². The highest BCUT2D eigenvalue weighted by atomic mass is 16.5. The fourth-order valence-corrected chi connectivity index (χ4v) is 2.27. The van der Waals surface area contributed by atoms with Gasteiger partial charge in [0.05, 0.1) is 20.1 Å². The molecule has 0 radical (unpaired) electrons. The van der Waals surface area contributed by atoms with Crippen molar-refractivity contribution in [2.75, 3.05) is 33.4 Å². The van der Waals surface area contributed by atoms with Crippen LogP contribution in [-0.4, -0.2) is 61.4 Å². The smallest absolute Gasteiger partial charge is 0.314 e. The second kappa shape index (κ2) is 7.17. The maximum absolute atomic E-state index is 11.3. The number of nitrogens with one attached hydrogen (secondary N) is 1. The zero-order valence-corrected chi connectivity index (χ0v) is 10.6. The van der Waals surface area contributed by atoms with Gasteiger partial charge in [0.1, 0.15) is 0 Å². The molecule has 7 heteroatoms. The van der Waals surface area contributed by atoms with Crippen LogP contribution >= 0.6 is 0 Å². The van der Waals surface area contributed by atoms with Crippen molar-refractivity contribution in [2.24, 2.45) is 11.7 Å². The summed E-state index contributed by atoms with van der Waals surface area (Å²) >= 11 is 0. The standard InChI is InChI=1S/C11H21N3O4/c1-18-10(16)5-8-4-9(13-2-3-15)7-14(6-8)11(12)17/h8-9,13,15H,2-7H2,1H3,(H2,12,17). The van der Waals surface area contributed by atoms with E-state index >= 15 is 0 Å². The number of carbonyl (C=O) groups is 2. The number of hydrogen-bond donors (Lipinski definition) is 3. The molecule has 0 aromatic rings. The molecule has 4 N–H and O–H groups in total. The Balaban J connectivity index is 2.56. The molecule has 2 amide bonds. The molecule has 0 saturated carbocycles. The molecule has 1 aliphatic rings. The van der Waals surface area contributed by atoms with Gasteiger partial charge in [-0.3, -0.25) is 4.79 Å². The van der Waals surface area contributed by atoms with E-state index in [9.17, 15) is 9.59 Å². The maximum atomic E-state index is 11.3. The van der Waals surface area contributed by atoms with Gasteiger partial charge in [0.2, 0.25) is 0 Å². The van der Waals surface area contributed by atoms with Crippen molar-refractivity contribution in [1.29, 1.82) is 0 Å². The zero-order valence-electron chi connectivity index (χ0n) is 10.6. The van der Waals surface area contributed by atoms with Gasteiger partial charge in [-0.2, -0.15) is 0 Å². The fourth-order valence-electron chi connectivity index (χ4n) is 2.27. The Morgan fingerprint density at radius 2 is 2.22 bits per heavy atom. The number of amides is 2. The van der Waals surface area contributed by atoms with E-state index in [0.29, 0.717) is 19.6 Å². The van der Waals surface area contributed by atoms with Crippen molar-refractivity contribution in [2.45, 2.75) is 18.9 Å². The Hall–Kier alpha value is -1.34. The topological polar surface area (TPSA) is 105 Å². The summed E-state index contributed by atoms with van der Waals surface area (Å²) in [6.45, 7) is 1.48. The lowest BCUT2D eigenvalue weighted by Crippen LogP contribution is -2.53. The van der Waals surface area contributed by atoms with Crippen LogP contribution in [0.4, 0.5) is 4.79 Å². The molecule has 1 fully saturated rings. The Morgan fingerprint density at radius 3 is 2.78 bits per heavy atom. The zero-order chi connectivity index (χ0) is 13.5. The third kappa shape index (κ3) is 4.50. The molecule has 0 aliphatic carbocycles.